The van der Waals surface area contributed by atoms with Gasteiger partial charge in [-0.15, -0.1) is 0 Å². The van der Waals surface area contributed by atoms with E-state index in [1.807, 2.05) is 38.4 Å². The Morgan fingerprint density at radius 3 is 2.68 bits per heavy atom. The number of nitrogens with zero attached hydrogens (tertiary/aromatic N) is 5. The van der Waals surface area contributed by atoms with Crippen LogP contribution in [0.5, 0.6) is 5.88 Å². The van der Waals surface area contributed by atoms with Crippen LogP contribution in [0.4, 0.5) is 0 Å². The molecule has 9 nitrogen and oxygen atoms in total. The van der Waals surface area contributed by atoms with E-state index in [-0.39, 0.29) is 11.4 Å². The van der Waals surface area contributed by atoms with Crippen molar-refractivity contribution in [3.63, 3.8) is 0 Å². The summed E-state index contributed by atoms with van der Waals surface area (Å²) in [5.74, 6) is 1.33. The van der Waals surface area contributed by atoms with Crippen LogP contribution in [-0.2, 0) is 35.3 Å². The van der Waals surface area contributed by atoms with E-state index < -0.39 is 5.60 Å². The number of fused-ring (bicyclic) bond motifs is 1. The molecule has 1 aliphatic rings. The van der Waals surface area contributed by atoms with Gasteiger partial charge in [-0.25, -0.2) is 4.98 Å². The molecule has 9 heteroatoms. The molecule has 0 amide bonds. The summed E-state index contributed by atoms with van der Waals surface area (Å²) in [7, 11) is 1.63. The second-order valence-corrected chi connectivity index (χ2v) is 11.6. The number of carbonyl (C=O) groups excluding carboxylic acids is 1. The lowest BCUT2D eigenvalue weighted by Gasteiger charge is -2.30. The summed E-state index contributed by atoms with van der Waals surface area (Å²) in [6.07, 6.45) is 4.63. The van der Waals surface area contributed by atoms with Gasteiger partial charge >= 0.3 is 5.97 Å². The number of methoxy groups -OCH3 is 1. The molecule has 0 N–H and O–H groups in total. The number of hydrogen-bond donors (Lipinski definition) is 0. The van der Waals surface area contributed by atoms with Crippen molar-refractivity contribution in [1.29, 1.82) is 0 Å². The van der Waals surface area contributed by atoms with Crippen molar-refractivity contribution in [3.05, 3.63) is 28.6 Å². The van der Waals surface area contributed by atoms with Crippen molar-refractivity contribution in [1.82, 2.24) is 24.9 Å². The van der Waals surface area contributed by atoms with Crippen LogP contribution in [-0.4, -0.2) is 43.6 Å². The van der Waals surface area contributed by atoms with Gasteiger partial charge in [-0.3, -0.25) is 9.48 Å². The molecule has 0 fully saturated rings. The van der Waals surface area contributed by atoms with Gasteiger partial charge in [0.2, 0.25) is 11.7 Å². The number of carbonyl (C=O) groups is 1. The Balaban J connectivity index is 1.62. The molecule has 200 valence electrons. The zero-order valence-electron chi connectivity index (χ0n) is 23.4. The molecular formula is C28H39N5O4. The van der Waals surface area contributed by atoms with Crippen molar-refractivity contribution in [2.24, 2.45) is 5.41 Å². The van der Waals surface area contributed by atoms with Gasteiger partial charge in [-0.2, -0.15) is 10.1 Å². The molecule has 37 heavy (non-hydrogen) atoms. The van der Waals surface area contributed by atoms with Gasteiger partial charge in [0.15, 0.2) is 5.69 Å². The van der Waals surface area contributed by atoms with E-state index in [0.29, 0.717) is 37.0 Å². The number of hydrogen-bond acceptors (Lipinski definition) is 8. The summed E-state index contributed by atoms with van der Waals surface area (Å²) in [6, 6.07) is 2.02. The third-order valence-corrected chi connectivity index (χ3v) is 6.73. The third-order valence-electron chi connectivity index (χ3n) is 6.73. The van der Waals surface area contributed by atoms with Gasteiger partial charge in [0, 0.05) is 35.3 Å². The minimum atomic E-state index is -0.482. The van der Waals surface area contributed by atoms with Crippen LogP contribution in [0.2, 0.25) is 0 Å². The number of aromatic nitrogens is 5. The Labute approximate surface area is 219 Å². The lowest BCUT2D eigenvalue weighted by Crippen LogP contribution is -2.25. The molecule has 0 unspecified atom stereocenters. The lowest BCUT2D eigenvalue weighted by atomic mass is 9.76. The first-order valence-electron chi connectivity index (χ1n) is 13.1. The predicted octanol–water partition coefficient (Wildman–Crippen LogP) is 5.51. The van der Waals surface area contributed by atoms with Crippen LogP contribution in [0.15, 0.2) is 10.6 Å². The SMILES string of the molecule is CCc1cc(-c2noc(-c3nn(CCCC(=O)OC(C)(C)C)c4c3CCC(C)(C)C4)n2)c(C)nc1OC. The second-order valence-electron chi connectivity index (χ2n) is 11.6. The first kappa shape index (κ1) is 26.8. The van der Waals surface area contributed by atoms with E-state index >= 15 is 0 Å². The first-order chi connectivity index (χ1) is 17.4. The fraction of sp³-hybridized carbons (Fsp3) is 0.607. The average molecular weight is 510 g/mol. The molecular weight excluding hydrogens is 470 g/mol. The summed E-state index contributed by atoms with van der Waals surface area (Å²) in [4.78, 5) is 21.5. The van der Waals surface area contributed by atoms with Gasteiger partial charge in [0.05, 0.1) is 12.8 Å². The molecule has 3 heterocycles. The quantitative estimate of drug-likeness (QED) is 0.366. The second kappa shape index (κ2) is 10.3. The molecule has 0 saturated carbocycles. The highest BCUT2D eigenvalue weighted by Crippen LogP contribution is 2.39. The minimum Gasteiger partial charge on any atom is -0.481 e. The Bertz CT molecular complexity index is 1280. The molecule has 0 bridgehead atoms. The van der Waals surface area contributed by atoms with Crippen molar-refractivity contribution in [2.75, 3.05) is 7.11 Å². The third kappa shape index (κ3) is 6.02. The zero-order chi connectivity index (χ0) is 27.0. The Morgan fingerprint density at radius 1 is 1.24 bits per heavy atom. The number of aryl methyl sites for hydroxylation is 3. The van der Waals surface area contributed by atoms with Crippen LogP contribution in [0.3, 0.4) is 0 Å². The summed E-state index contributed by atoms with van der Waals surface area (Å²) < 4.78 is 18.7. The standard InChI is InChI=1S/C28H39N5O4/c1-9-18-15-20(17(2)29-25(18)35-8)24-30-26(37-32-24)23-19-12-13-28(6,7)16-21(19)33(31-23)14-10-11-22(34)36-27(3,4)5/h15H,9-14,16H2,1-8H3. The van der Waals surface area contributed by atoms with Crippen LogP contribution < -0.4 is 4.74 Å². The largest absolute Gasteiger partial charge is 0.481 e. The Hall–Kier alpha value is -3.23. The monoisotopic (exact) mass is 509 g/mol. The number of esters is 1. The molecule has 0 aliphatic heterocycles. The van der Waals surface area contributed by atoms with Crippen LogP contribution >= 0.6 is 0 Å². The topological polar surface area (TPSA) is 105 Å². The lowest BCUT2D eigenvalue weighted by molar-refractivity contribution is -0.154. The van der Waals surface area contributed by atoms with Gasteiger partial charge in [-0.1, -0.05) is 25.9 Å². The Morgan fingerprint density at radius 2 is 2.00 bits per heavy atom. The normalized spacial score (nSPS) is 14.9. The molecule has 0 spiro atoms. The van der Waals surface area contributed by atoms with Crippen molar-refractivity contribution >= 4 is 5.97 Å². The highest BCUT2D eigenvalue weighted by molar-refractivity contribution is 5.69. The number of ether oxygens (including phenoxy) is 2. The highest BCUT2D eigenvalue weighted by atomic mass is 16.6. The molecule has 0 saturated heterocycles. The maximum absolute atomic E-state index is 12.2. The van der Waals surface area contributed by atoms with Crippen molar-refractivity contribution in [2.45, 2.75) is 99.1 Å². The molecule has 4 rings (SSSR count). The molecule has 3 aromatic rings. The molecule has 0 aromatic carbocycles. The van der Waals surface area contributed by atoms with E-state index in [0.717, 1.165) is 53.8 Å². The van der Waals surface area contributed by atoms with E-state index in [9.17, 15) is 4.79 Å². The van der Waals surface area contributed by atoms with E-state index in [1.54, 1.807) is 7.11 Å². The molecule has 3 aromatic heterocycles. The maximum Gasteiger partial charge on any atom is 0.306 e. The number of rotatable bonds is 8. The number of pyridine rings is 1. The van der Waals surface area contributed by atoms with Crippen LogP contribution in [0, 0.1) is 12.3 Å². The summed E-state index contributed by atoms with van der Waals surface area (Å²) >= 11 is 0. The molecule has 1 aliphatic carbocycles. The summed E-state index contributed by atoms with van der Waals surface area (Å²) in [6.45, 7) is 14.8. The van der Waals surface area contributed by atoms with Gasteiger partial charge in [-0.05, 0) is 71.3 Å². The van der Waals surface area contributed by atoms with E-state index in [1.165, 1.54) is 5.69 Å². The van der Waals surface area contributed by atoms with E-state index in [2.05, 4.69) is 30.9 Å². The van der Waals surface area contributed by atoms with Crippen molar-refractivity contribution < 1.29 is 18.8 Å². The van der Waals surface area contributed by atoms with Crippen LogP contribution in [0.1, 0.15) is 83.3 Å². The van der Waals surface area contributed by atoms with Gasteiger partial charge < -0.3 is 14.0 Å². The summed E-state index contributed by atoms with van der Waals surface area (Å²) in [5.41, 5.74) is 5.36. The minimum absolute atomic E-state index is 0.176. The fourth-order valence-corrected chi connectivity index (χ4v) is 4.83. The molecule has 0 radical (unpaired) electrons. The van der Waals surface area contributed by atoms with Crippen LogP contribution in [0.25, 0.3) is 23.0 Å². The highest BCUT2D eigenvalue weighted by Gasteiger charge is 2.33. The summed E-state index contributed by atoms with van der Waals surface area (Å²) in [5, 5.41) is 9.21. The smallest absolute Gasteiger partial charge is 0.306 e. The maximum atomic E-state index is 12.2. The van der Waals surface area contributed by atoms with Crippen molar-refractivity contribution in [3.8, 4) is 28.9 Å². The predicted molar refractivity (Wildman–Crippen MR) is 140 cm³/mol. The van der Waals surface area contributed by atoms with Gasteiger partial charge in [0.1, 0.15) is 5.60 Å². The zero-order valence-corrected chi connectivity index (χ0v) is 23.4. The fourth-order valence-electron chi connectivity index (χ4n) is 4.83. The average Bonchev–Trinajstić information content (AvgIpc) is 3.42. The molecule has 0 atom stereocenters. The van der Waals surface area contributed by atoms with E-state index in [4.69, 9.17) is 24.1 Å². The van der Waals surface area contributed by atoms with Gasteiger partial charge in [0.25, 0.3) is 5.89 Å². The first-order valence-corrected chi connectivity index (χ1v) is 13.1. The Kier molecular flexibility index (Phi) is 7.44.